The summed E-state index contributed by atoms with van der Waals surface area (Å²) in [6.07, 6.45) is 1.11. The van der Waals surface area contributed by atoms with Crippen molar-refractivity contribution in [3.63, 3.8) is 0 Å². The van der Waals surface area contributed by atoms with Gasteiger partial charge in [0.2, 0.25) is 0 Å². The lowest BCUT2D eigenvalue weighted by atomic mass is 10.2. The third-order valence-corrected chi connectivity index (χ3v) is 3.42. The predicted molar refractivity (Wildman–Crippen MR) is 86.1 cm³/mol. The number of amides is 1. The lowest BCUT2D eigenvalue weighted by Gasteiger charge is -2.06. The fourth-order valence-electron chi connectivity index (χ4n) is 2.22. The molecule has 0 saturated carbocycles. The van der Waals surface area contributed by atoms with Gasteiger partial charge in [-0.2, -0.15) is 5.10 Å². The Kier molecular flexibility index (Phi) is 4.34. The maximum Gasteiger partial charge on any atom is 0.280 e. The van der Waals surface area contributed by atoms with E-state index in [2.05, 4.69) is 10.4 Å². The Bertz CT molecular complexity index is 941. The van der Waals surface area contributed by atoms with Gasteiger partial charge in [0, 0.05) is 11.8 Å². The van der Waals surface area contributed by atoms with Crippen molar-refractivity contribution in [1.82, 2.24) is 9.78 Å². The predicted octanol–water partition coefficient (Wildman–Crippen LogP) is 3.12. The number of aromatic hydroxyl groups is 1. The number of rotatable bonds is 4. The van der Waals surface area contributed by atoms with Gasteiger partial charge in [-0.05, 0) is 24.3 Å². The molecule has 0 aliphatic carbocycles. The highest BCUT2D eigenvalue weighted by atomic mass is 19.1. The van der Waals surface area contributed by atoms with Crippen molar-refractivity contribution in [2.24, 2.45) is 0 Å². The van der Waals surface area contributed by atoms with E-state index in [0.29, 0.717) is 0 Å². The largest absolute Gasteiger partial charge is 0.504 e. The van der Waals surface area contributed by atoms with Gasteiger partial charge in [0.25, 0.3) is 5.91 Å². The van der Waals surface area contributed by atoms with Crippen LogP contribution in [0.25, 0.3) is 5.69 Å². The molecule has 0 saturated heterocycles. The molecule has 0 aliphatic heterocycles. The standard InChI is InChI=1S/C17H13F2N3O3/c1-25-15-7-6-10(8-12(15)19)20-17(24)16-14(23)9-22(21-16)13-5-3-2-4-11(13)18/h2-9,23H,1H3,(H,20,24). The first-order chi connectivity index (χ1) is 12.0. The van der Waals surface area contributed by atoms with Gasteiger partial charge in [-0.25, -0.2) is 13.5 Å². The second-order valence-electron chi connectivity index (χ2n) is 5.06. The molecular formula is C17H13F2N3O3. The number of anilines is 1. The molecule has 2 N–H and O–H groups in total. The van der Waals surface area contributed by atoms with Crippen LogP contribution in [0.2, 0.25) is 0 Å². The molecule has 128 valence electrons. The number of halogens is 2. The number of methoxy groups -OCH3 is 1. The van der Waals surface area contributed by atoms with E-state index in [9.17, 15) is 18.7 Å². The van der Waals surface area contributed by atoms with Gasteiger partial charge in [-0.3, -0.25) is 4.79 Å². The van der Waals surface area contributed by atoms with Gasteiger partial charge in [0.05, 0.1) is 13.3 Å². The van der Waals surface area contributed by atoms with Crippen LogP contribution in [0.15, 0.2) is 48.7 Å². The second kappa shape index (κ2) is 6.60. The SMILES string of the molecule is COc1ccc(NC(=O)c2nn(-c3ccccc3F)cc2O)cc1F. The average Bonchev–Trinajstić information content (AvgIpc) is 2.97. The second-order valence-corrected chi connectivity index (χ2v) is 5.06. The van der Waals surface area contributed by atoms with Crippen LogP contribution >= 0.6 is 0 Å². The summed E-state index contributed by atoms with van der Waals surface area (Å²) in [5.74, 6) is -2.38. The number of hydrogen-bond donors (Lipinski definition) is 2. The molecule has 3 aromatic rings. The van der Waals surface area contributed by atoms with Gasteiger partial charge in [-0.15, -0.1) is 0 Å². The lowest BCUT2D eigenvalue weighted by Crippen LogP contribution is -2.13. The third kappa shape index (κ3) is 3.27. The Labute approximate surface area is 141 Å². The van der Waals surface area contributed by atoms with E-state index >= 15 is 0 Å². The van der Waals surface area contributed by atoms with Gasteiger partial charge in [-0.1, -0.05) is 12.1 Å². The van der Waals surface area contributed by atoms with Crippen LogP contribution in [0.1, 0.15) is 10.5 Å². The summed E-state index contributed by atoms with van der Waals surface area (Å²) in [5, 5.41) is 16.2. The molecule has 0 atom stereocenters. The molecule has 25 heavy (non-hydrogen) atoms. The summed E-state index contributed by atoms with van der Waals surface area (Å²) in [6.45, 7) is 0. The highest BCUT2D eigenvalue weighted by molar-refractivity contribution is 6.04. The monoisotopic (exact) mass is 345 g/mol. The molecule has 0 fully saturated rings. The number of nitrogens with one attached hydrogen (secondary N) is 1. The highest BCUT2D eigenvalue weighted by Gasteiger charge is 2.19. The zero-order valence-corrected chi connectivity index (χ0v) is 13.0. The molecule has 0 spiro atoms. The van der Waals surface area contributed by atoms with Crippen molar-refractivity contribution in [2.75, 3.05) is 12.4 Å². The minimum atomic E-state index is -0.767. The quantitative estimate of drug-likeness (QED) is 0.762. The van der Waals surface area contributed by atoms with Crippen molar-refractivity contribution in [2.45, 2.75) is 0 Å². The van der Waals surface area contributed by atoms with Crippen LogP contribution in [-0.4, -0.2) is 27.9 Å². The zero-order chi connectivity index (χ0) is 18.0. The Morgan fingerprint density at radius 1 is 1.20 bits per heavy atom. The van der Waals surface area contributed by atoms with E-state index in [1.807, 2.05) is 0 Å². The first-order valence-electron chi connectivity index (χ1n) is 7.18. The number of hydrogen-bond acceptors (Lipinski definition) is 4. The van der Waals surface area contributed by atoms with Gasteiger partial charge < -0.3 is 15.2 Å². The van der Waals surface area contributed by atoms with Crippen molar-refractivity contribution in [3.05, 3.63) is 66.0 Å². The Hall–Kier alpha value is -3.42. The smallest absolute Gasteiger partial charge is 0.280 e. The highest BCUT2D eigenvalue weighted by Crippen LogP contribution is 2.23. The number of benzene rings is 2. The lowest BCUT2D eigenvalue weighted by molar-refractivity contribution is 0.101. The topological polar surface area (TPSA) is 76.4 Å². The van der Waals surface area contributed by atoms with E-state index in [-0.39, 0.29) is 22.8 Å². The summed E-state index contributed by atoms with van der Waals surface area (Å²) in [7, 11) is 1.32. The van der Waals surface area contributed by atoms with Crippen LogP contribution in [0.5, 0.6) is 11.5 Å². The number of aromatic nitrogens is 2. The molecule has 1 heterocycles. The van der Waals surface area contributed by atoms with Crippen LogP contribution in [0.3, 0.4) is 0 Å². The van der Waals surface area contributed by atoms with Crippen molar-refractivity contribution in [1.29, 1.82) is 0 Å². The fourth-order valence-corrected chi connectivity index (χ4v) is 2.22. The molecule has 1 amide bonds. The first kappa shape index (κ1) is 16.4. The number of carbonyl (C=O) groups is 1. The van der Waals surface area contributed by atoms with Gasteiger partial charge in [0.1, 0.15) is 11.5 Å². The number of nitrogens with zero attached hydrogens (tertiary/aromatic N) is 2. The maximum atomic E-state index is 13.8. The van der Waals surface area contributed by atoms with E-state index in [0.717, 1.165) is 16.9 Å². The Balaban J connectivity index is 1.86. The summed E-state index contributed by atoms with van der Waals surface area (Å²) < 4.78 is 33.3. The van der Waals surface area contributed by atoms with Crippen LogP contribution in [0.4, 0.5) is 14.5 Å². The Morgan fingerprint density at radius 2 is 1.96 bits per heavy atom. The number of ether oxygens (including phenoxy) is 1. The number of carbonyl (C=O) groups excluding carboxylic acids is 1. The normalized spacial score (nSPS) is 10.5. The summed E-state index contributed by atoms with van der Waals surface area (Å²) >= 11 is 0. The average molecular weight is 345 g/mol. The Morgan fingerprint density at radius 3 is 2.64 bits per heavy atom. The molecule has 2 aromatic carbocycles. The van der Waals surface area contributed by atoms with Crippen LogP contribution < -0.4 is 10.1 Å². The molecule has 0 aliphatic rings. The molecule has 8 heteroatoms. The van der Waals surface area contributed by atoms with E-state index in [4.69, 9.17) is 4.74 Å². The molecule has 0 radical (unpaired) electrons. The van der Waals surface area contributed by atoms with Gasteiger partial charge >= 0.3 is 0 Å². The van der Waals surface area contributed by atoms with Crippen molar-refractivity contribution in [3.8, 4) is 17.2 Å². The van der Waals surface area contributed by atoms with E-state index < -0.39 is 23.3 Å². The molecule has 6 nitrogen and oxygen atoms in total. The first-order valence-corrected chi connectivity index (χ1v) is 7.18. The zero-order valence-electron chi connectivity index (χ0n) is 13.0. The fraction of sp³-hybridized carbons (Fsp3) is 0.0588. The van der Waals surface area contributed by atoms with Crippen LogP contribution in [-0.2, 0) is 0 Å². The summed E-state index contributed by atoms with van der Waals surface area (Å²) in [5.41, 5.74) is -0.0880. The summed E-state index contributed by atoms with van der Waals surface area (Å²) in [4.78, 5) is 12.2. The molecule has 1 aromatic heterocycles. The summed E-state index contributed by atoms with van der Waals surface area (Å²) in [6, 6.07) is 9.64. The number of para-hydroxylation sites is 1. The molecular weight excluding hydrogens is 332 g/mol. The van der Waals surface area contributed by atoms with Gasteiger partial charge in [0.15, 0.2) is 23.0 Å². The minimum Gasteiger partial charge on any atom is -0.504 e. The third-order valence-electron chi connectivity index (χ3n) is 3.42. The minimum absolute atomic E-state index is 0.0321. The van der Waals surface area contributed by atoms with E-state index in [1.165, 1.54) is 37.4 Å². The van der Waals surface area contributed by atoms with Crippen molar-refractivity contribution >= 4 is 11.6 Å². The molecule has 0 bridgehead atoms. The molecule has 3 rings (SSSR count). The van der Waals surface area contributed by atoms with E-state index in [1.54, 1.807) is 6.07 Å². The van der Waals surface area contributed by atoms with Crippen LogP contribution in [0, 0.1) is 11.6 Å². The van der Waals surface area contributed by atoms with Crippen molar-refractivity contribution < 1.29 is 23.4 Å². The molecule has 0 unspecified atom stereocenters. The maximum absolute atomic E-state index is 13.8.